The van der Waals surface area contributed by atoms with Crippen LogP contribution in [-0.4, -0.2) is 79.7 Å². The number of benzene rings is 3. The van der Waals surface area contributed by atoms with Crippen LogP contribution in [0.1, 0.15) is 38.3 Å². The van der Waals surface area contributed by atoms with E-state index in [1.165, 1.54) is 34.0 Å². The number of aromatic nitrogens is 6. The number of aliphatic hydroxyl groups is 1. The predicted octanol–water partition coefficient (Wildman–Crippen LogP) is 4.57. The lowest BCUT2D eigenvalue weighted by atomic mass is 9.87. The van der Waals surface area contributed by atoms with E-state index in [2.05, 4.69) is 37.1 Å². The quantitative estimate of drug-likeness (QED) is 0.200. The van der Waals surface area contributed by atoms with Crippen LogP contribution in [0.2, 0.25) is 0 Å². The van der Waals surface area contributed by atoms with Crippen LogP contribution in [0.25, 0.3) is 5.69 Å². The summed E-state index contributed by atoms with van der Waals surface area (Å²) in [5.74, 6) is -0.563. The first kappa shape index (κ1) is 34.4. The van der Waals surface area contributed by atoms with Crippen LogP contribution in [0.3, 0.4) is 0 Å². The Morgan fingerprint density at radius 1 is 0.941 bits per heavy atom. The van der Waals surface area contributed by atoms with Gasteiger partial charge in [-0.15, -0.1) is 0 Å². The highest BCUT2D eigenvalue weighted by Crippen LogP contribution is 2.42. The molecule has 0 amide bonds. The summed E-state index contributed by atoms with van der Waals surface area (Å²) in [5, 5.41) is 18.5. The second-order valence-electron chi connectivity index (χ2n) is 13.3. The van der Waals surface area contributed by atoms with Crippen LogP contribution >= 0.6 is 0 Å². The van der Waals surface area contributed by atoms with Crippen molar-refractivity contribution in [2.45, 2.75) is 51.0 Å². The van der Waals surface area contributed by atoms with E-state index in [0.717, 1.165) is 55.1 Å². The standard InChI is InChI=1S/C37H42F2N8O4/c1-3-35(26(2)48)47-36(49)46(25-42-47)31-7-5-29(6-8-31)43-14-16-44(17-15-43)30-9-11-32(12-10-30)50-20-27-19-37(51-21-27,22-45-24-40-23-41-45)33-13-4-28(38)18-34(33)39/h4-13,18,23-27,35,48H,3,14-17,19-22H2,1-2H3/t26-,27-,35+,37-/m0/s1. The summed E-state index contributed by atoms with van der Waals surface area (Å²) in [6.45, 7) is 7.97. The average Bonchev–Trinajstić information content (AvgIpc) is 3.90. The Morgan fingerprint density at radius 3 is 2.22 bits per heavy atom. The summed E-state index contributed by atoms with van der Waals surface area (Å²) in [6, 6.07) is 19.2. The molecule has 2 fully saturated rings. The first-order chi connectivity index (χ1) is 24.7. The molecule has 3 aromatic carbocycles. The molecule has 0 aliphatic carbocycles. The van der Waals surface area contributed by atoms with Crippen molar-refractivity contribution in [2.75, 3.05) is 49.2 Å². The molecule has 2 saturated heterocycles. The van der Waals surface area contributed by atoms with E-state index in [0.29, 0.717) is 31.6 Å². The van der Waals surface area contributed by atoms with Gasteiger partial charge in [-0.3, -0.25) is 0 Å². The summed E-state index contributed by atoms with van der Waals surface area (Å²) in [5.41, 5.74) is 1.93. The Morgan fingerprint density at radius 2 is 1.61 bits per heavy atom. The minimum Gasteiger partial charge on any atom is -0.493 e. The molecule has 268 valence electrons. The Labute approximate surface area is 294 Å². The van der Waals surface area contributed by atoms with Crippen LogP contribution in [0.4, 0.5) is 20.2 Å². The topological polar surface area (TPSA) is 116 Å². The lowest BCUT2D eigenvalue weighted by Crippen LogP contribution is -2.46. The molecule has 5 aromatic rings. The van der Waals surface area contributed by atoms with Crippen molar-refractivity contribution in [3.05, 3.63) is 113 Å². The van der Waals surface area contributed by atoms with Crippen LogP contribution in [-0.2, 0) is 16.9 Å². The molecule has 14 heteroatoms. The first-order valence-electron chi connectivity index (χ1n) is 17.3. The molecule has 4 heterocycles. The van der Waals surface area contributed by atoms with Gasteiger partial charge in [-0.1, -0.05) is 13.0 Å². The number of hydrogen-bond acceptors (Lipinski definition) is 9. The third-order valence-corrected chi connectivity index (χ3v) is 9.96. The van der Waals surface area contributed by atoms with Gasteiger partial charge in [0.05, 0.1) is 37.6 Å². The number of ether oxygens (including phenoxy) is 2. The van der Waals surface area contributed by atoms with Crippen molar-refractivity contribution in [2.24, 2.45) is 5.92 Å². The fourth-order valence-corrected chi connectivity index (χ4v) is 7.24. The Bertz CT molecular complexity index is 1960. The van der Waals surface area contributed by atoms with Gasteiger partial charge in [0.25, 0.3) is 0 Å². The van der Waals surface area contributed by atoms with Crippen molar-refractivity contribution in [3.63, 3.8) is 0 Å². The fourth-order valence-electron chi connectivity index (χ4n) is 7.24. The maximum absolute atomic E-state index is 15.0. The predicted molar refractivity (Wildman–Crippen MR) is 187 cm³/mol. The largest absolute Gasteiger partial charge is 0.493 e. The van der Waals surface area contributed by atoms with E-state index < -0.39 is 23.3 Å². The normalized spacial score (nSPS) is 20.5. The van der Waals surface area contributed by atoms with Crippen molar-refractivity contribution in [1.29, 1.82) is 0 Å². The van der Waals surface area contributed by atoms with Gasteiger partial charge in [0.1, 0.15) is 42.0 Å². The lowest BCUT2D eigenvalue weighted by Gasteiger charge is -2.37. The van der Waals surface area contributed by atoms with E-state index in [1.807, 2.05) is 43.3 Å². The molecule has 0 bridgehead atoms. The Hall–Kier alpha value is -5.08. The summed E-state index contributed by atoms with van der Waals surface area (Å²) in [7, 11) is 0. The monoisotopic (exact) mass is 700 g/mol. The van der Waals surface area contributed by atoms with Crippen LogP contribution < -0.4 is 20.2 Å². The molecule has 0 unspecified atom stereocenters. The minimum absolute atomic E-state index is 0.0121. The van der Waals surface area contributed by atoms with E-state index >= 15 is 0 Å². The average molecular weight is 701 g/mol. The second kappa shape index (κ2) is 14.6. The van der Waals surface area contributed by atoms with E-state index in [1.54, 1.807) is 17.9 Å². The minimum atomic E-state index is -1.02. The van der Waals surface area contributed by atoms with Crippen LogP contribution in [0.15, 0.2) is 90.5 Å². The molecule has 2 aliphatic heterocycles. The van der Waals surface area contributed by atoms with Crippen LogP contribution in [0, 0.1) is 17.6 Å². The molecule has 12 nitrogen and oxygen atoms in total. The van der Waals surface area contributed by atoms with Gasteiger partial charge in [-0.05, 0) is 74.4 Å². The van der Waals surface area contributed by atoms with Gasteiger partial charge in [0.2, 0.25) is 0 Å². The third kappa shape index (κ3) is 7.24. The van der Waals surface area contributed by atoms with Crippen molar-refractivity contribution >= 4 is 11.4 Å². The summed E-state index contributed by atoms with van der Waals surface area (Å²) < 4.78 is 45.6. The highest BCUT2D eigenvalue weighted by atomic mass is 19.1. The van der Waals surface area contributed by atoms with Gasteiger partial charge < -0.3 is 24.4 Å². The molecule has 2 aromatic heterocycles. The van der Waals surface area contributed by atoms with E-state index in [-0.39, 0.29) is 24.2 Å². The van der Waals surface area contributed by atoms with E-state index in [9.17, 15) is 18.7 Å². The molecule has 0 saturated carbocycles. The number of piperazine rings is 1. The molecule has 1 N–H and O–H groups in total. The summed E-state index contributed by atoms with van der Waals surface area (Å²) in [4.78, 5) is 21.7. The Kier molecular flexibility index (Phi) is 9.87. The molecular weight excluding hydrogens is 658 g/mol. The number of aliphatic hydroxyl groups excluding tert-OH is 1. The molecule has 2 aliphatic rings. The van der Waals surface area contributed by atoms with Gasteiger partial charge in [-0.25, -0.2) is 32.5 Å². The second-order valence-corrected chi connectivity index (χ2v) is 13.3. The number of rotatable bonds is 12. The molecule has 0 radical (unpaired) electrons. The van der Waals surface area contributed by atoms with Gasteiger partial charge in [0, 0.05) is 55.1 Å². The maximum Gasteiger partial charge on any atom is 0.350 e. The van der Waals surface area contributed by atoms with Gasteiger partial charge in [0.15, 0.2) is 0 Å². The fraction of sp³-hybridized carbons (Fsp3) is 0.405. The number of halogens is 2. The molecule has 7 rings (SSSR count). The van der Waals surface area contributed by atoms with Gasteiger partial charge >= 0.3 is 5.69 Å². The molecule has 0 spiro atoms. The van der Waals surface area contributed by atoms with Crippen LogP contribution in [0.5, 0.6) is 5.75 Å². The van der Waals surface area contributed by atoms with E-state index in [4.69, 9.17) is 9.47 Å². The SMILES string of the molecule is CC[C@H]([C@H](C)O)n1ncn(-c2ccc(N3CCN(c4ccc(OC[C@H]5CO[C@@](Cn6cncn6)(c6ccc(F)cc6F)C5)cc4)CC3)cc2)c1=O. The zero-order valence-corrected chi connectivity index (χ0v) is 28.7. The van der Waals surface area contributed by atoms with Crippen molar-refractivity contribution in [1.82, 2.24) is 29.1 Å². The summed E-state index contributed by atoms with van der Waals surface area (Å²) >= 11 is 0. The number of nitrogens with zero attached hydrogens (tertiary/aromatic N) is 8. The number of anilines is 2. The highest BCUT2D eigenvalue weighted by Gasteiger charge is 2.44. The molecule has 4 atom stereocenters. The lowest BCUT2D eigenvalue weighted by molar-refractivity contribution is -0.0206. The third-order valence-electron chi connectivity index (χ3n) is 9.96. The van der Waals surface area contributed by atoms with Gasteiger partial charge in [-0.2, -0.15) is 10.2 Å². The first-order valence-corrected chi connectivity index (χ1v) is 17.3. The molecular formula is C37H42F2N8O4. The summed E-state index contributed by atoms with van der Waals surface area (Å²) in [6.07, 6.45) is 4.88. The number of hydrogen-bond donors (Lipinski definition) is 1. The highest BCUT2D eigenvalue weighted by molar-refractivity contribution is 5.54. The smallest absolute Gasteiger partial charge is 0.350 e. The Balaban J connectivity index is 0.923. The van der Waals surface area contributed by atoms with Crippen molar-refractivity contribution < 1.29 is 23.4 Å². The zero-order valence-electron chi connectivity index (χ0n) is 28.7. The molecule has 51 heavy (non-hydrogen) atoms. The zero-order chi connectivity index (χ0) is 35.5. The maximum atomic E-state index is 15.0. The van der Waals surface area contributed by atoms with Crippen molar-refractivity contribution in [3.8, 4) is 11.4 Å².